The van der Waals surface area contributed by atoms with Gasteiger partial charge in [-0.05, 0) is 80.1 Å². The number of hydrogen-bond donors (Lipinski definition) is 2. The number of pyridine rings is 1. The Balaban J connectivity index is 1.55. The zero-order chi connectivity index (χ0) is 21.5. The van der Waals surface area contributed by atoms with Gasteiger partial charge >= 0.3 is 5.97 Å². The molecule has 6 heteroatoms. The lowest BCUT2D eigenvalue weighted by Crippen LogP contribution is -2.12. The second kappa shape index (κ2) is 9.87. The second-order valence-electron chi connectivity index (χ2n) is 7.23. The van der Waals surface area contributed by atoms with E-state index in [1.54, 1.807) is 19.3 Å². The number of esters is 1. The molecule has 1 amide bonds. The molecule has 0 fully saturated rings. The van der Waals surface area contributed by atoms with Crippen LogP contribution >= 0.6 is 0 Å². The Labute approximate surface area is 176 Å². The van der Waals surface area contributed by atoms with Crippen molar-refractivity contribution in [2.24, 2.45) is 0 Å². The molecule has 3 rings (SSSR count). The zero-order valence-corrected chi connectivity index (χ0v) is 17.6. The molecule has 30 heavy (non-hydrogen) atoms. The quantitative estimate of drug-likeness (QED) is 0.545. The molecular formula is C24H27N3O3. The van der Waals surface area contributed by atoms with E-state index in [1.165, 1.54) is 11.1 Å². The van der Waals surface area contributed by atoms with Gasteiger partial charge in [-0.25, -0.2) is 4.79 Å². The predicted octanol–water partition coefficient (Wildman–Crippen LogP) is 4.37. The van der Waals surface area contributed by atoms with E-state index in [9.17, 15) is 9.59 Å². The van der Waals surface area contributed by atoms with Crippen LogP contribution in [0.1, 0.15) is 51.8 Å². The van der Waals surface area contributed by atoms with E-state index < -0.39 is 0 Å². The van der Waals surface area contributed by atoms with E-state index in [-0.39, 0.29) is 11.9 Å². The number of benzene rings is 1. The Bertz CT molecular complexity index is 1010. The van der Waals surface area contributed by atoms with Crippen LogP contribution in [0.2, 0.25) is 0 Å². The highest BCUT2D eigenvalue weighted by atomic mass is 16.5. The standard InChI is InChI=1S/C24H27N3O3/c1-4-30-24(29)23-16(2)21(17(3)26-23)9-10-22(28)27-20-7-5-18(6-8-20)15-19-11-13-25-14-12-19/h5-8,11-14,26H,4,9-10,15H2,1-3H3,(H,27,28). The van der Waals surface area contributed by atoms with E-state index in [2.05, 4.69) is 15.3 Å². The van der Waals surface area contributed by atoms with Gasteiger partial charge in [-0.15, -0.1) is 0 Å². The smallest absolute Gasteiger partial charge is 0.355 e. The fourth-order valence-corrected chi connectivity index (χ4v) is 3.48. The summed E-state index contributed by atoms with van der Waals surface area (Å²) in [6.07, 6.45) is 5.28. The Morgan fingerprint density at radius 3 is 2.37 bits per heavy atom. The number of ether oxygens (including phenoxy) is 1. The predicted molar refractivity (Wildman–Crippen MR) is 117 cm³/mol. The summed E-state index contributed by atoms with van der Waals surface area (Å²) >= 11 is 0. The maximum Gasteiger partial charge on any atom is 0.355 e. The third kappa shape index (κ3) is 5.35. The number of rotatable bonds is 8. The number of nitrogens with zero attached hydrogens (tertiary/aromatic N) is 1. The summed E-state index contributed by atoms with van der Waals surface area (Å²) in [4.78, 5) is 31.5. The minimum absolute atomic E-state index is 0.0606. The van der Waals surface area contributed by atoms with Gasteiger partial charge in [0.1, 0.15) is 5.69 Å². The molecule has 0 aliphatic rings. The topological polar surface area (TPSA) is 84.1 Å². The van der Waals surface area contributed by atoms with E-state index >= 15 is 0 Å². The van der Waals surface area contributed by atoms with Gasteiger partial charge in [-0.2, -0.15) is 0 Å². The maximum absolute atomic E-state index is 12.4. The van der Waals surface area contributed by atoms with Crippen LogP contribution in [0.5, 0.6) is 0 Å². The number of H-pyrrole nitrogens is 1. The van der Waals surface area contributed by atoms with Gasteiger partial charge in [-0.3, -0.25) is 9.78 Å². The molecule has 0 unspecified atom stereocenters. The number of aromatic nitrogens is 2. The summed E-state index contributed by atoms with van der Waals surface area (Å²) in [6, 6.07) is 11.9. The Kier molecular flexibility index (Phi) is 7.01. The summed E-state index contributed by atoms with van der Waals surface area (Å²) in [5.41, 5.74) is 6.33. The van der Waals surface area contributed by atoms with E-state index in [0.717, 1.165) is 28.9 Å². The SMILES string of the molecule is CCOC(=O)c1[nH]c(C)c(CCC(=O)Nc2ccc(Cc3ccncc3)cc2)c1C. The van der Waals surface area contributed by atoms with Crippen molar-refractivity contribution >= 4 is 17.6 Å². The minimum Gasteiger partial charge on any atom is -0.461 e. The monoisotopic (exact) mass is 405 g/mol. The number of carbonyl (C=O) groups is 2. The Morgan fingerprint density at radius 2 is 1.70 bits per heavy atom. The highest BCUT2D eigenvalue weighted by Crippen LogP contribution is 2.21. The van der Waals surface area contributed by atoms with Crippen molar-refractivity contribution in [3.63, 3.8) is 0 Å². The summed E-state index contributed by atoms with van der Waals surface area (Å²) in [5.74, 6) is -0.421. The van der Waals surface area contributed by atoms with Crippen LogP contribution in [-0.4, -0.2) is 28.5 Å². The van der Waals surface area contributed by atoms with Crippen LogP contribution in [0.3, 0.4) is 0 Å². The Morgan fingerprint density at radius 1 is 1.03 bits per heavy atom. The molecule has 0 saturated carbocycles. The summed E-state index contributed by atoms with van der Waals surface area (Å²) < 4.78 is 5.08. The van der Waals surface area contributed by atoms with Crippen LogP contribution in [0.4, 0.5) is 5.69 Å². The van der Waals surface area contributed by atoms with Gasteiger partial charge < -0.3 is 15.0 Å². The molecule has 0 atom stereocenters. The zero-order valence-electron chi connectivity index (χ0n) is 17.6. The van der Waals surface area contributed by atoms with Crippen LogP contribution < -0.4 is 5.32 Å². The van der Waals surface area contributed by atoms with Gasteiger partial charge in [0, 0.05) is 30.2 Å². The molecule has 0 bridgehead atoms. The van der Waals surface area contributed by atoms with Crippen molar-refractivity contribution in [3.05, 3.63) is 82.4 Å². The molecule has 0 aliphatic heterocycles. The fraction of sp³-hybridized carbons (Fsp3) is 0.292. The van der Waals surface area contributed by atoms with Gasteiger partial charge in [0.15, 0.2) is 0 Å². The lowest BCUT2D eigenvalue weighted by molar-refractivity contribution is -0.116. The molecule has 0 aliphatic carbocycles. The molecule has 2 aromatic heterocycles. The van der Waals surface area contributed by atoms with Crippen molar-refractivity contribution in [2.45, 2.75) is 40.0 Å². The van der Waals surface area contributed by atoms with Crippen molar-refractivity contribution in [3.8, 4) is 0 Å². The average molecular weight is 405 g/mol. The van der Waals surface area contributed by atoms with Crippen LogP contribution in [-0.2, 0) is 22.4 Å². The third-order valence-electron chi connectivity index (χ3n) is 5.07. The first-order valence-corrected chi connectivity index (χ1v) is 10.1. The highest BCUT2D eigenvalue weighted by Gasteiger charge is 2.18. The number of nitrogens with one attached hydrogen (secondary N) is 2. The lowest BCUT2D eigenvalue weighted by Gasteiger charge is -2.08. The molecule has 6 nitrogen and oxygen atoms in total. The van der Waals surface area contributed by atoms with Gasteiger partial charge in [0.25, 0.3) is 0 Å². The molecule has 0 spiro atoms. The molecule has 0 saturated heterocycles. The molecule has 1 aromatic carbocycles. The van der Waals surface area contributed by atoms with Crippen molar-refractivity contribution in [2.75, 3.05) is 11.9 Å². The van der Waals surface area contributed by atoms with Gasteiger partial charge in [0.2, 0.25) is 5.91 Å². The maximum atomic E-state index is 12.4. The lowest BCUT2D eigenvalue weighted by atomic mass is 10.0. The number of anilines is 1. The average Bonchev–Trinajstić information content (AvgIpc) is 3.02. The third-order valence-corrected chi connectivity index (χ3v) is 5.07. The van der Waals surface area contributed by atoms with Crippen molar-refractivity contribution in [1.29, 1.82) is 0 Å². The second-order valence-corrected chi connectivity index (χ2v) is 7.23. The fourth-order valence-electron chi connectivity index (χ4n) is 3.48. The number of aromatic amines is 1. The molecule has 0 radical (unpaired) electrons. The number of aryl methyl sites for hydroxylation is 1. The number of hydrogen-bond acceptors (Lipinski definition) is 4. The highest BCUT2D eigenvalue weighted by molar-refractivity contribution is 5.91. The molecule has 3 aromatic rings. The number of amides is 1. The first kappa shape index (κ1) is 21.3. The molecular weight excluding hydrogens is 378 g/mol. The Hall–Kier alpha value is -3.41. The molecule has 156 valence electrons. The van der Waals surface area contributed by atoms with Crippen LogP contribution in [0, 0.1) is 13.8 Å². The largest absolute Gasteiger partial charge is 0.461 e. The summed E-state index contributed by atoms with van der Waals surface area (Å²) in [6.45, 7) is 5.89. The van der Waals surface area contributed by atoms with E-state index in [4.69, 9.17) is 4.74 Å². The van der Waals surface area contributed by atoms with Crippen molar-refractivity contribution < 1.29 is 14.3 Å². The van der Waals surface area contributed by atoms with Gasteiger partial charge in [-0.1, -0.05) is 12.1 Å². The molecule has 2 heterocycles. The van der Waals surface area contributed by atoms with E-state index in [0.29, 0.717) is 25.1 Å². The first-order chi connectivity index (χ1) is 14.5. The van der Waals surface area contributed by atoms with Crippen LogP contribution in [0.15, 0.2) is 48.8 Å². The normalized spacial score (nSPS) is 10.6. The van der Waals surface area contributed by atoms with Crippen molar-refractivity contribution in [1.82, 2.24) is 9.97 Å². The van der Waals surface area contributed by atoms with E-state index in [1.807, 2.05) is 50.2 Å². The van der Waals surface area contributed by atoms with Crippen LogP contribution in [0.25, 0.3) is 0 Å². The molecule has 2 N–H and O–H groups in total. The van der Waals surface area contributed by atoms with Gasteiger partial charge in [0.05, 0.1) is 6.61 Å². The summed E-state index contributed by atoms with van der Waals surface area (Å²) in [5, 5.41) is 2.94. The number of carbonyl (C=O) groups excluding carboxylic acids is 2. The minimum atomic E-state index is -0.361. The first-order valence-electron chi connectivity index (χ1n) is 10.1. The summed E-state index contributed by atoms with van der Waals surface area (Å²) in [7, 11) is 0.